The van der Waals surface area contributed by atoms with Crippen LogP contribution in [0.1, 0.15) is 25.3 Å². The third kappa shape index (κ3) is 2.94. The summed E-state index contributed by atoms with van der Waals surface area (Å²) in [4.78, 5) is 4.53. The second-order valence-electron chi connectivity index (χ2n) is 6.70. The Bertz CT molecular complexity index is 999. The molecule has 4 rings (SSSR count). The summed E-state index contributed by atoms with van der Waals surface area (Å²) in [6.07, 6.45) is 1.85. The van der Waals surface area contributed by atoms with Gasteiger partial charge >= 0.3 is 0 Å². The zero-order valence-corrected chi connectivity index (χ0v) is 14.6. The molecule has 0 spiro atoms. The normalized spacial score (nSPS) is 11.2. The summed E-state index contributed by atoms with van der Waals surface area (Å²) in [5.74, 6) is 0.553. The van der Waals surface area contributed by atoms with E-state index in [1.807, 2.05) is 18.3 Å². The molecule has 1 heteroatoms. The molecule has 0 amide bonds. The number of fused-ring (bicyclic) bond motifs is 1. The summed E-state index contributed by atoms with van der Waals surface area (Å²) < 4.78 is 0. The lowest BCUT2D eigenvalue weighted by Crippen LogP contribution is -1.89. The maximum absolute atomic E-state index is 4.53. The second-order valence-corrected chi connectivity index (χ2v) is 6.70. The Balaban J connectivity index is 1.89. The third-order valence-corrected chi connectivity index (χ3v) is 4.75. The van der Waals surface area contributed by atoms with Crippen molar-refractivity contribution in [2.75, 3.05) is 0 Å². The number of nitrogens with zero attached hydrogens (tertiary/aromatic N) is 1. The Morgan fingerprint density at radius 1 is 0.640 bits per heavy atom. The predicted molar refractivity (Wildman–Crippen MR) is 107 cm³/mol. The molecule has 0 aliphatic carbocycles. The highest BCUT2D eigenvalue weighted by Gasteiger charge is 2.10. The van der Waals surface area contributed by atoms with Crippen LogP contribution in [0.5, 0.6) is 0 Å². The zero-order valence-electron chi connectivity index (χ0n) is 14.6. The minimum Gasteiger partial charge on any atom is -0.256 e. The number of rotatable bonds is 3. The van der Waals surface area contributed by atoms with E-state index in [1.54, 1.807) is 0 Å². The van der Waals surface area contributed by atoms with E-state index >= 15 is 0 Å². The Morgan fingerprint density at radius 3 is 1.92 bits per heavy atom. The monoisotopic (exact) mass is 323 g/mol. The summed E-state index contributed by atoms with van der Waals surface area (Å²) in [5, 5.41) is 2.51. The van der Waals surface area contributed by atoms with E-state index in [0.29, 0.717) is 5.92 Å². The fraction of sp³-hybridized carbons (Fsp3) is 0.125. The van der Waals surface area contributed by atoms with Crippen molar-refractivity contribution in [3.05, 3.63) is 90.6 Å². The molecular formula is C24H21N. The maximum atomic E-state index is 4.53. The van der Waals surface area contributed by atoms with Crippen LogP contribution < -0.4 is 0 Å². The van der Waals surface area contributed by atoms with Gasteiger partial charge in [0.05, 0.1) is 5.69 Å². The largest absolute Gasteiger partial charge is 0.256 e. The molecule has 25 heavy (non-hydrogen) atoms. The summed E-state index contributed by atoms with van der Waals surface area (Å²) in [7, 11) is 0. The van der Waals surface area contributed by atoms with Gasteiger partial charge < -0.3 is 0 Å². The van der Waals surface area contributed by atoms with Crippen LogP contribution in [0, 0.1) is 0 Å². The SMILES string of the molecule is CC(C)c1ccc(-c2ccc(-c3ccccn3)c3ccccc23)cc1. The van der Waals surface area contributed by atoms with Gasteiger partial charge in [-0.25, -0.2) is 0 Å². The average Bonchev–Trinajstić information content (AvgIpc) is 2.68. The Labute approximate surface area is 149 Å². The first kappa shape index (κ1) is 15.6. The topological polar surface area (TPSA) is 12.9 Å². The van der Waals surface area contributed by atoms with Crippen LogP contribution in [0.15, 0.2) is 85.1 Å². The Kier molecular flexibility index (Phi) is 4.07. The standard InChI is InChI=1S/C24H21N/c1-17(2)18-10-12-19(13-11-18)20-14-15-23(24-9-5-6-16-25-24)22-8-4-3-7-21(20)22/h3-17H,1-2H3. The van der Waals surface area contributed by atoms with E-state index in [0.717, 1.165) is 5.69 Å². The van der Waals surface area contributed by atoms with Gasteiger partial charge in [-0.1, -0.05) is 80.6 Å². The van der Waals surface area contributed by atoms with Gasteiger partial charge in [-0.2, -0.15) is 0 Å². The molecule has 0 atom stereocenters. The molecule has 3 aromatic carbocycles. The van der Waals surface area contributed by atoms with Crippen LogP contribution in [-0.2, 0) is 0 Å². The molecule has 1 aromatic heterocycles. The fourth-order valence-electron chi connectivity index (χ4n) is 3.34. The molecule has 4 aromatic rings. The molecule has 0 radical (unpaired) electrons. The first-order valence-corrected chi connectivity index (χ1v) is 8.77. The van der Waals surface area contributed by atoms with Gasteiger partial charge in [0, 0.05) is 11.8 Å². The second kappa shape index (κ2) is 6.52. The van der Waals surface area contributed by atoms with E-state index in [4.69, 9.17) is 0 Å². The predicted octanol–water partition coefficient (Wildman–Crippen LogP) is 6.69. The van der Waals surface area contributed by atoms with Crippen molar-refractivity contribution in [1.82, 2.24) is 4.98 Å². The maximum Gasteiger partial charge on any atom is 0.0708 e. The number of aromatic nitrogens is 1. The highest BCUT2D eigenvalue weighted by molar-refractivity contribution is 6.04. The molecule has 0 aliphatic heterocycles. The number of hydrogen-bond donors (Lipinski definition) is 0. The number of hydrogen-bond acceptors (Lipinski definition) is 1. The van der Waals surface area contributed by atoms with Gasteiger partial charge in [-0.15, -0.1) is 0 Å². The van der Waals surface area contributed by atoms with Crippen LogP contribution in [0.25, 0.3) is 33.2 Å². The van der Waals surface area contributed by atoms with Crippen molar-refractivity contribution >= 4 is 10.8 Å². The molecule has 1 nitrogen and oxygen atoms in total. The minimum absolute atomic E-state index is 0.553. The van der Waals surface area contributed by atoms with E-state index in [-0.39, 0.29) is 0 Å². The van der Waals surface area contributed by atoms with Gasteiger partial charge in [0.1, 0.15) is 0 Å². The summed E-state index contributed by atoms with van der Waals surface area (Å²) >= 11 is 0. The summed E-state index contributed by atoms with van der Waals surface area (Å²) in [6, 6.07) is 28.0. The molecule has 0 fully saturated rings. The van der Waals surface area contributed by atoms with Gasteiger partial charge in [0.15, 0.2) is 0 Å². The van der Waals surface area contributed by atoms with Crippen LogP contribution >= 0.6 is 0 Å². The van der Waals surface area contributed by atoms with E-state index in [1.165, 1.54) is 33.0 Å². The molecule has 122 valence electrons. The van der Waals surface area contributed by atoms with Crippen LogP contribution in [0.3, 0.4) is 0 Å². The van der Waals surface area contributed by atoms with Crippen LogP contribution in [0.2, 0.25) is 0 Å². The number of benzene rings is 3. The van der Waals surface area contributed by atoms with Crippen molar-refractivity contribution in [3.8, 4) is 22.4 Å². The molecule has 0 saturated heterocycles. The van der Waals surface area contributed by atoms with E-state index in [9.17, 15) is 0 Å². The average molecular weight is 323 g/mol. The molecular weight excluding hydrogens is 302 g/mol. The molecule has 0 saturated carbocycles. The van der Waals surface area contributed by atoms with Gasteiger partial charge in [0.25, 0.3) is 0 Å². The molecule has 0 bridgehead atoms. The third-order valence-electron chi connectivity index (χ3n) is 4.75. The lowest BCUT2D eigenvalue weighted by atomic mass is 9.92. The smallest absolute Gasteiger partial charge is 0.0708 e. The minimum atomic E-state index is 0.553. The summed E-state index contributed by atoms with van der Waals surface area (Å²) in [5.41, 5.74) is 6.09. The van der Waals surface area contributed by atoms with Gasteiger partial charge in [-0.3, -0.25) is 4.98 Å². The highest BCUT2D eigenvalue weighted by atomic mass is 14.7. The van der Waals surface area contributed by atoms with Crippen molar-refractivity contribution in [3.63, 3.8) is 0 Å². The quantitative estimate of drug-likeness (QED) is 0.409. The number of pyridine rings is 1. The van der Waals surface area contributed by atoms with Crippen molar-refractivity contribution < 1.29 is 0 Å². The van der Waals surface area contributed by atoms with Crippen molar-refractivity contribution in [2.24, 2.45) is 0 Å². The molecule has 0 unspecified atom stereocenters. The molecule has 1 heterocycles. The molecule has 0 aliphatic rings. The highest BCUT2D eigenvalue weighted by Crippen LogP contribution is 2.35. The van der Waals surface area contributed by atoms with Crippen LogP contribution in [0.4, 0.5) is 0 Å². The fourth-order valence-corrected chi connectivity index (χ4v) is 3.34. The lowest BCUT2D eigenvalue weighted by Gasteiger charge is -2.12. The first-order valence-electron chi connectivity index (χ1n) is 8.77. The Morgan fingerprint density at radius 2 is 1.28 bits per heavy atom. The first-order chi connectivity index (χ1) is 12.2. The van der Waals surface area contributed by atoms with Gasteiger partial charge in [0.2, 0.25) is 0 Å². The Hall–Kier alpha value is -2.93. The van der Waals surface area contributed by atoms with E-state index < -0.39 is 0 Å². The molecule has 0 N–H and O–H groups in total. The van der Waals surface area contributed by atoms with Gasteiger partial charge in [-0.05, 0) is 45.5 Å². The van der Waals surface area contributed by atoms with Crippen molar-refractivity contribution in [1.29, 1.82) is 0 Å². The van der Waals surface area contributed by atoms with Crippen LogP contribution in [-0.4, -0.2) is 4.98 Å². The van der Waals surface area contributed by atoms with E-state index in [2.05, 4.69) is 85.6 Å². The summed E-state index contributed by atoms with van der Waals surface area (Å²) in [6.45, 7) is 4.46. The zero-order chi connectivity index (χ0) is 17.2. The lowest BCUT2D eigenvalue weighted by molar-refractivity contribution is 0.867. The van der Waals surface area contributed by atoms with Crippen molar-refractivity contribution in [2.45, 2.75) is 19.8 Å².